The Kier molecular flexibility index (Phi) is 6.96. The van der Waals surface area contributed by atoms with Gasteiger partial charge in [0.05, 0.1) is 11.6 Å². The number of nitrogens with zero attached hydrogens (tertiary/aromatic N) is 6. The van der Waals surface area contributed by atoms with Crippen LogP contribution in [-0.4, -0.2) is 45.9 Å². The van der Waals surface area contributed by atoms with Crippen molar-refractivity contribution < 1.29 is 5.11 Å². The largest absolute Gasteiger partial charge is 0.390 e. The zero-order valence-corrected chi connectivity index (χ0v) is 23.8. The molecule has 5 aromatic rings. The summed E-state index contributed by atoms with van der Waals surface area (Å²) in [5.41, 5.74) is 9.38. The fourth-order valence-corrected chi connectivity index (χ4v) is 5.99. The summed E-state index contributed by atoms with van der Waals surface area (Å²) in [6.45, 7) is 8.28. The van der Waals surface area contributed by atoms with Crippen LogP contribution in [0.4, 0.5) is 0 Å². The minimum absolute atomic E-state index is 0.198. The van der Waals surface area contributed by atoms with Crippen molar-refractivity contribution >= 4 is 11.2 Å². The summed E-state index contributed by atoms with van der Waals surface area (Å²) < 4.78 is 2.41. The molecule has 1 aliphatic carbocycles. The maximum Gasteiger partial charge on any atom is 0.205 e. The highest BCUT2D eigenvalue weighted by atomic mass is 16.3. The van der Waals surface area contributed by atoms with E-state index in [1.807, 2.05) is 26.0 Å². The average molecular weight is 536 g/mol. The third-order valence-corrected chi connectivity index (χ3v) is 8.45. The van der Waals surface area contributed by atoms with Crippen molar-refractivity contribution in [3.8, 4) is 22.5 Å². The molecule has 3 aromatic heterocycles. The van der Waals surface area contributed by atoms with Crippen LogP contribution >= 0.6 is 0 Å². The van der Waals surface area contributed by atoms with E-state index in [2.05, 4.69) is 75.4 Å². The lowest BCUT2D eigenvalue weighted by Gasteiger charge is -2.21. The summed E-state index contributed by atoms with van der Waals surface area (Å²) >= 11 is 0. The lowest BCUT2D eigenvalue weighted by Crippen LogP contribution is -2.23. The highest BCUT2D eigenvalue weighted by molar-refractivity contribution is 5.81. The summed E-state index contributed by atoms with van der Waals surface area (Å²) in [6, 6.07) is 17.4. The molecule has 0 aliphatic heterocycles. The molecule has 3 heterocycles. The lowest BCUT2D eigenvalue weighted by molar-refractivity contribution is 0.0471. The zero-order valence-electron chi connectivity index (χ0n) is 23.8. The first-order chi connectivity index (χ1) is 19.4. The molecule has 40 heavy (non-hydrogen) atoms. The second-order valence-corrected chi connectivity index (χ2v) is 11.4. The normalized spacial score (nSPS) is 16.4. The molecule has 0 radical (unpaired) electrons. The van der Waals surface area contributed by atoms with Crippen molar-refractivity contribution in [1.29, 1.82) is 0 Å². The van der Waals surface area contributed by atoms with Crippen LogP contribution in [0.5, 0.6) is 0 Å². The van der Waals surface area contributed by atoms with Gasteiger partial charge in [-0.1, -0.05) is 56.3 Å². The number of rotatable bonds is 9. The van der Waals surface area contributed by atoms with E-state index in [0.29, 0.717) is 12.2 Å². The molecule has 8 nitrogen and oxygen atoms in total. The summed E-state index contributed by atoms with van der Waals surface area (Å²) in [4.78, 5) is 10.3. The van der Waals surface area contributed by atoms with Crippen LogP contribution in [0.25, 0.3) is 33.7 Å². The fraction of sp³-hybridized carbons (Fsp3) is 0.406. The van der Waals surface area contributed by atoms with Crippen molar-refractivity contribution in [2.24, 2.45) is 0 Å². The Morgan fingerprint density at radius 3 is 2.62 bits per heavy atom. The van der Waals surface area contributed by atoms with Crippen LogP contribution in [-0.2, 0) is 19.3 Å². The van der Waals surface area contributed by atoms with Crippen molar-refractivity contribution in [2.75, 3.05) is 0 Å². The number of pyridine rings is 1. The Morgan fingerprint density at radius 2 is 1.88 bits per heavy atom. The number of H-pyrrole nitrogens is 1. The highest BCUT2D eigenvalue weighted by Gasteiger charge is 2.29. The quantitative estimate of drug-likeness (QED) is 0.234. The Hall–Kier alpha value is -3.91. The highest BCUT2D eigenvalue weighted by Crippen LogP contribution is 2.40. The van der Waals surface area contributed by atoms with E-state index in [-0.39, 0.29) is 6.04 Å². The first-order valence-corrected chi connectivity index (χ1v) is 14.4. The van der Waals surface area contributed by atoms with E-state index in [0.717, 1.165) is 83.5 Å². The fourth-order valence-electron chi connectivity index (χ4n) is 5.99. The number of aliphatic hydroxyl groups is 1. The van der Waals surface area contributed by atoms with E-state index in [4.69, 9.17) is 9.97 Å². The Labute approximate surface area is 234 Å². The van der Waals surface area contributed by atoms with E-state index in [1.54, 1.807) is 0 Å². The molecular formula is C32H37N7O. The van der Waals surface area contributed by atoms with Crippen molar-refractivity contribution in [2.45, 2.75) is 84.3 Å². The molecule has 6 rings (SSSR count). The standard InChI is InChI=1S/C32H37N7O/c1-5-9-28-34-29-20(3)18-23(16-17-32(4,40)6-2)33-31(29)39(28)27-15-13-22-19-21(12-14-25(22)27)24-10-7-8-11-26(24)30-35-37-38-36-30/h7-8,10-12,14,18-19,27,40H,5-6,9,13,15-17H2,1-4H3,(H,35,36,37,38). The van der Waals surface area contributed by atoms with Gasteiger partial charge in [-0.25, -0.2) is 9.97 Å². The summed E-state index contributed by atoms with van der Waals surface area (Å²) in [6.07, 6.45) is 6.13. The molecule has 0 amide bonds. The Bertz CT molecular complexity index is 1650. The van der Waals surface area contributed by atoms with Crippen molar-refractivity contribution in [1.82, 2.24) is 35.2 Å². The molecular weight excluding hydrogens is 498 g/mol. The van der Waals surface area contributed by atoms with E-state index < -0.39 is 5.60 Å². The first kappa shape index (κ1) is 26.3. The molecule has 8 heteroatoms. The molecule has 2 N–H and O–H groups in total. The average Bonchev–Trinajstić information content (AvgIpc) is 3.71. The molecule has 0 saturated carbocycles. The van der Waals surface area contributed by atoms with Gasteiger partial charge in [0.1, 0.15) is 11.3 Å². The van der Waals surface area contributed by atoms with Gasteiger partial charge in [-0.15, -0.1) is 10.2 Å². The predicted octanol–water partition coefficient (Wildman–Crippen LogP) is 6.17. The smallest absolute Gasteiger partial charge is 0.205 e. The number of hydrogen-bond acceptors (Lipinski definition) is 6. The number of nitrogens with one attached hydrogen (secondary N) is 1. The van der Waals surface area contributed by atoms with Gasteiger partial charge < -0.3 is 9.67 Å². The molecule has 0 saturated heterocycles. The predicted molar refractivity (Wildman–Crippen MR) is 157 cm³/mol. The summed E-state index contributed by atoms with van der Waals surface area (Å²) in [7, 11) is 0. The molecule has 2 unspecified atom stereocenters. The van der Waals surface area contributed by atoms with Crippen molar-refractivity contribution in [3.05, 3.63) is 76.7 Å². The van der Waals surface area contributed by atoms with Crippen LogP contribution in [0.3, 0.4) is 0 Å². The van der Waals surface area contributed by atoms with Crippen LogP contribution in [0.1, 0.15) is 80.7 Å². The number of hydrogen-bond donors (Lipinski definition) is 2. The van der Waals surface area contributed by atoms with Gasteiger partial charge in [0, 0.05) is 17.7 Å². The third kappa shape index (κ3) is 4.81. The number of aryl methyl sites for hydroxylation is 4. The second-order valence-electron chi connectivity index (χ2n) is 11.4. The summed E-state index contributed by atoms with van der Waals surface area (Å²) in [5, 5.41) is 25.3. The van der Waals surface area contributed by atoms with Gasteiger partial charge in [-0.2, -0.15) is 5.21 Å². The van der Waals surface area contributed by atoms with E-state index in [1.165, 1.54) is 11.1 Å². The molecule has 206 valence electrons. The minimum Gasteiger partial charge on any atom is -0.390 e. The number of fused-ring (bicyclic) bond motifs is 2. The van der Waals surface area contributed by atoms with Crippen LogP contribution in [0.15, 0.2) is 48.5 Å². The van der Waals surface area contributed by atoms with Gasteiger partial charge in [-0.3, -0.25) is 0 Å². The van der Waals surface area contributed by atoms with Gasteiger partial charge in [0.25, 0.3) is 0 Å². The maximum absolute atomic E-state index is 10.6. The maximum atomic E-state index is 10.6. The van der Waals surface area contributed by atoms with Gasteiger partial charge in [-0.05, 0) is 91.5 Å². The number of tetrazole rings is 1. The molecule has 0 fully saturated rings. The van der Waals surface area contributed by atoms with E-state index in [9.17, 15) is 5.11 Å². The molecule has 0 spiro atoms. The van der Waals surface area contributed by atoms with Gasteiger partial charge in [0.2, 0.25) is 5.82 Å². The number of aromatic amines is 1. The van der Waals surface area contributed by atoms with E-state index >= 15 is 0 Å². The third-order valence-electron chi connectivity index (χ3n) is 8.45. The van der Waals surface area contributed by atoms with Crippen molar-refractivity contribution in [3.63, 3.8) is 0 Å². The Morgan fingerprint density at radius 1 is 1.05 bits per heavy atom. The molecule has 2 aromatic carbocycles. The second kappa shape index (κ2) is 10.6. The number of imidazole rings is 1. The zero-order chi connectivity index (χ0) is 27.9. The molecule has 2 atom stereocenters. The topological polar surface area (TPSA) is 105 Å². The SMILES string of the molecule is CCCc1nc2c(C)cc(CCC(C)(O)CC)nc2n1C1CCc2cc(-c3ccccc3-c3nn[nH]n3)ccc21. The Balaban J connectivity index is 1.40. The monoisotopic (exact) mass is 535 g/mol. The molecule has 1 aliphatic rings. The summed E-state index contributed by atoms with van der Waals surface area (Å²) in [5.74, 6) is 1.70. The molecule has 0 bridgehead atoms. The van der Waals surface area contributed by atoms with Gasteiger partial charge >= 0.3 is 0 Å². The van der Waals surface area contributed by atoms with Gasteiger partial charge in [0.15, 0.2) is 5.65 Å². The lowest BCUT2D eigenvalue weighted by atomic mass is 9.95. The van der Waals surface area contributed by atoms with Crippen LogP contribution in [0, 0.1) is 6.92 Å². The number of benzene rings is 2. The first-order valence-electron chi connectivity index (χ1n) is 14.4. The van der Waals surface area contributed by atoms with Crippen LogP contribution < -0.4 is 0 Å². The number of aromatic nitrogens is 7. The minimum atomic E-state index is -0.678. The van der Waals surface area contributed by atoms with Crippen LogP contribution in [0.2, 0.25) is 0 Å².